The summed E-state index contributed by atoms with van der Waals surface area (Å²) in [6, 6.07) is 10.8. The first-order chi connectivity index (χ1) is 10.2. The van der Waals surface area contributed by atoms with Gasteiger partial charge < -0.3 is 15.4 Å². The molecule has 0 radical (unpaired) electrons. The number of ether oxygens (including phenoxy) is 1. The molecule has 0 aromatic heterocycles. The second-order valence-corrected chi connectivity index (χ2v) is 5.71. The van der Waals surface area contributed by atoms with E-state index in [9.17, 15) is 4.79 Å². The Labute approximate surface area is 135 Å². The number of halogens is 2. The molecule has 0 saturated heterocycles. The number of hydrogen-bond acceptors (Lipinski definition) is 3. The quantitative estimate of drug-likeness (QED) is 0.838. The van der Waals surface area contributed by atoms with Gasteiger partial charge in [0.1, 0.15) is 6.61 Å². The number of anilines is 2. The van der Waals surface area contributed by atoms with Crippen molar-refractivity contribution in [1.29, 1.82) is 0 Å². The summed E-state index contributed by atoms with van der Waals surface area (Å²) in [7, 11) is 0. The summed E-state index contributed by atoms with van der Waals surface area (Å²) in [5, 5.41) is 6.59. The average Bonchev–Trinajstić information content (AvgIpc) is 2.51. The number of rotatable bonds is 2. The molecule has 2 aromatic rings. The monoisotopic (exact) mass is 366 g/mol. The van der Waals surface area contributed by atoms with E-state index in [0.29, 0.717) is 33.1 Å². The first-order valence-corrected chi connectivity index (χ1v) is 7.59. The molecule has 0 bridgehead atoms. The number of amides is 1. The Hall–Kier alpha value is -1.72. The van der Waals surface area contributed by atoms with E-state index in [2.05, 4.69) is 26.6 Å². The standard InChI is InChI=1S/C15H12BrClN2O2/c16-13-10(17)4-2-5-11(13)19-15(20)9-3-1-6-12-14(9)21-8-7-18-12/h1-6,18H,7-8H2,(H,19,20). The van der Waals surface area contributed by atoms with Gasteiger partial charge in [-0.15, -0.1) is 0 Å². The summed E-state index contributed by atoms with van der Waals surface area (Å²) in [5.74, 6) is 0.345. The van der Waals surface area contributed by atoms with E-state index in [1.807, 2.05) is 12.1 Å². The van der Waals surface area contributed by atoms with Crippen LogP contribution in [0.4, 0.5) is 11.4 Å². The molecule has 0 atom stereocenters. The Morgan fingerprint density at radius 1 is 1.29 bits per heavy atom. The molecule has 3 rings (SSSR count). The zero-order valence-electron chi connectivity index (χ0n) is 11.0. The molecule has 0 unspecified atom stereocenters. The molecule has 1 aliphatic heterocycles. The van der Waals surface area contributed by atoms with Gasteiger partial charge in [-0.3, -0.25) is 4.79 Å². The largest absolute Gasteiger partial charge is 0.489 e. The highest BCUT2D eigenvalue weighted by Gasteiger charge is 2.19. The van der Waals surface area contributed by atoms with Gasteiger partial charge in [0.2, 0.25) is 0 Å². The molecule has 6 heteroatoms. The molecule has 2 aromatic carbocycles. The third kappa shape index (κ3) is 2.84. The number of benzene rings is 2. The van der Waals surface area contributed by atoms with E-state index in [1.54, 1.807) is 24.3 Å². The average molecular weight is 368 g/mol. The zero-order valence-corrected chi connectivity index (χ0v) is 13.3. The normalized spacial score (nSPS) is 12.9. The van der Waals surface area contributed by atoms with Gasteiger partial charge in [0, 0.05) is 6.54 Å². The van der Waals surface area contributed by atoms with Crippen molar-refractivity contribution in [1.82, 2.24) is 0 Å². The van der Waals surface area contributed by atoms with E-state index in [0.717, 1.165) is 12.2 Å². The molecular formula is C15H12BrClN2O2. The number of fused-ring (bicyclic) bond motifs is 1. The van der Waals surface area contributed by atoms with E-state index < -0.39 is 0 Å². The highest BCUT2D eigenvalue weighted by molar-refractivity contribution is 9.10. The number of carbonyl (C=O) groups excluding carboxylic acids is 1. The molecule has 2 N–H and O–H groups in total. The summed E-state index contributed by atoms with van der Waals surface area (Å²) in [5.41, 5.74) is 1.94. The summed E-state index contributed by atoms with van der Waals surface area (Å²) in [6.07, 6.45) is 0. The first kappa shape index (κ1) is 14.2. The minimum atomic E-state index is -0.237. The lowest BCUT2D eigenvalue weighted by atomic mass is 10.1. The van der Waals surface area contributed by atoms with Crippen molar-refractivity contribution in [3.05, 3.63) is 51.5 Å². The van der Waals surface area contributed by atoms with Crippen LogP contribution in [0.15, 0.2) is 40.9 Å². The van der Waals surface area contributed by atoms with Gasteiger partial charge in [-0.1, -0.05) is 23.7 Å². The Balaban J connectivity index is 1.91. The van der Waals surface area contributed by atoms with Crippen molar-refractivity contribution in [2.75, 3.05) is 23.8 Å². The van der Waals surface area contributed by atoms with E-state index in [4.69, 9.17) is 16.3 Å². The molecule has 0 fully saturated rings. The van der Waals surface area contributed by atoms with Crippen molar-refractivity contribution in [3.63, 3.8) is 0 Å². The number of nitrogens with one attached hydrogen (secondary N) is 2. The SMILES string of the molecule is O=C(Nc1cccc(Cl)c1Br)c1cccc2c1OCCN2. The Morgan fingerprint density at radius 3 is 2.95 bits per heavy atom. The smallest absolute Gasteiger partial charge is 0.259 e. The van der Waals surface area contributed by atoms with E-state index in [1.165, 1.54) is 0 Å². The second kappa shape index (κ2) is 5.95. The lowest BCUT2D eigenvalue weighted by Crippen LogP contribution is -2.22. The molecule has 0 aliphatic carbocycles. The third-order valence-electron chi connectivity index (χ3n) is 3.12. The van der Waals surface area contributed by atoms with Crippen LogP contribution in [0.3, 0.4) is 0 Å². The van der Waals surface area contributed by atoms with Crippen LogP contribution in [0, 0.1) is 0 Å². The van der Waals surface area contributed by atoms with Gasteiger partial charge >= 0.3 is 0 Å². The number of carbonyl (C=O) groups is 1. The van der Waals surface area contributed by atoms with Crippen molar-refractivity contribution >= 4 is 44.8 Å². The lowest BCUT2D eigenvalue weighted by molar-refractivity contribution is 0.102. The maximum absolute atomic E-state index is 12.5. The van der Waals surface area contributed by atoms with Crippen molar-refractivity contribution in [2.24, 2.45) is 0 Å². The van der Waals surface area contributed by atoms with Crippen LogP contribution in [0.1, 0.15) is 10.4 Å². The van der Waals surface area contributed by atoms with Crippen LogP contribution in [0.5, 0.6) is 5.75 Å². The van der Waals surface area contributed by atoms with Crippen LogP contribution in [0.25, 0.3) is 0 Å². The van der Waals surface area contributed by atoms with Crippen LogP contribution in [-0.4, -0.2) is 19.1 Å². The summed E-state index contributed by atoms with van der Waals surface area (Å²) in [4.78, 5) is 12.5. The fraction of sp³-hybridized carbons (Fsp3) is 0.133. The van der Waals surface area contributed by atoms with Crippen LogP contribution >= 0.6 is 27.5 Å². The van der Waals surface area contributed by atoms with Crippen molar-refractivity contribution in [3.8, 4) is 5.75 Å². The van der Waals surface area contributed by atoms with Gasteiger partial charge in [0.05, 0.1) is 26.4 Å². The first-order valence-electron chi connectivity index (χ1n) is 6.42. The molecular weight excluding hydrogens is 356 g/mol. The molecule has 21 heavy (non-hydrogen) atoms. The van der Waals surface area contributed by atoms with Crippen molar-refractivity contribution < 1.29 is 9.53 Å². The molecule has 0 saturated carbocycles. The highest BCUT2D eigenvalue weighted by Crippen LogP contribution is 2.34. The van der Waals surface area contributed by atoms with Crippen LogP contribution < -0.4 is 15.4 Å². The fourth-order valence-electron chi connectivity index (χ4n) is 2.14. The third-order valence-corrected chi connectivity index (χ3v) is 4.52. The van der Waals surface area contributed by atoms with Crippen molar-refractivity contribution in [2.45, 2.75) is 0 Å². The van der Waals surface area contributed by atoms with E-state index >= 15 is 0 Å². The van der Waals surface area contributed by atoms with Crippen LogP contribution in [0.2, 0.25) is 5.02 Å². The molecule has 0 spiro atoms. The zero-order chi connectivity index (χ0) is 14.8. The predicted molar refractivity (Wildman–Crippen MR) is 87.5 cm³/mol. The topological polar surface area (TPSA) is 50.4 Å². The number of para-hydroxylation sites is 1. The molecule has 1 aliphatic rings. The van der Waals surface area contributed by atoms with Gasteiger partial charge in [-0.25, -0.2) is 0 Å². The Morgan fingerprint density at radius 2 is 2.10 bits per heavy atom. The molecule has 1 amide bonds. The maximum Gasteiger partial charge on any atom is 0.259 e. The Bertz CT molecular complexity index is 706. The number of hydrogen-bond donors (Lipinski definition) is 2. The van der Waals surface area contributed by atoms with Gasteiger partial charge in [0.25, 0.3) is 5.91 Å². The minimum absolute atomic E-state index is 0.237. The van der Waals surface area contributed by atoms with Gasteiger partial charge in [-0.05, 0) is 40.2 Å². The maximum atomic E-state index is 12.5. The second-order valence-electron chi connectivity index (χ2n) is 4.51. The van der Waals surface area contributed by atoms with Gasteiger partial charge in [-0.2, -0.15) is 0 Å². The molecule has 4 nitrogen and oxygen atoms in total. The van der Waals surface area contributed by atoms with E-state index in [-0.39, 0.29) is 5.91 Å². The minimum Gasteiger partial charge on any atom is -0.489 e. The molecule has 1 heterocycles. The lowest BCUT2D eigenvalue weighted by Gasteiger charge is -2.21. The molecule has 108 valence electrons. The van der Waals surface area contributed by atoms with Gasteiger partial charge in [0.15, 0.2) is 5.75 Å². The Kier molecular flexibility index (Phi) is 4.03. The summed E-state index contributed by atoms with van der Waals surface area (Å²) in [6.45, 7) is 1.27. The van der Waals surface area contributed by atoms with Crippen LogP contribution in [-0.2, 0) is 0 Å². The fourth-order valence-corrected chi connectivity index (χ4v) is 2.68. The summed E-state index contributed by atoms with van der Waals surface area (Å²) >= 11 is 9.39. The highest BCUT2D eigenvalue weighted by atomic mass is 79.9. The predicted octanol–water partition coefficient (Wildman–Crippen LogP) is 4.16. The summed E-state index contributed by atoms with van der Waals surface area (Å²) < 4.78 is 6.26.